The van der Waals surface area contributed by atoms with Crippen molar-refractivity contribution in [2.45, 2.75) is 18.2 Å². The molecule has 0 saturated carbocycles. The summed E-state index contributed by atoms with van der Waals surface area (Å²) in [6.07, 6.45) is 0.701. The van der Waals surface area contributed by atoms with Crippen molar-refractivity contribution in [1.29, 1.82) is 0 Å². The third-order valence-corrected chi connectivity index (χ3v) is 6.79. The fraction of sp³-hybridized carbons (Fsp3) is 0.150. The predicted molar refractivity (Wildman–Crippen MR) is 108 cm³/mol. The highest BCUT2D eigenvalue weighted by Crippen LogP contribution is 2.32. The van der Waals surface area contributed by atoms with Crippen LogP contribution in [0.1, 0.15) is 20.8 Å². The molecule has 1 amide bonds. The number of carbonyl (C=O) groups excluding carboxylic acids is 1. The number of anilines is 2. The van der Waals surface area contributed by atoms with Gasteiger partial charge in [-0.15, -0.1) is 11.3 Å². The molecule has 0 spiro atoms. The fourth-order valence-corrected chi connectivity index (χ4v) is 4.86. The van der Waals surface area contributed by atoms with Crippen LogP contribution in [-0.4, -0.2) is 20.9 Å². The largest absolute Gasteiger partial charge is 0.307 e. The van der Waals surface area contributed by atoms with Crippen LogP contribution in [-0.2, 0) is 16.4 Å². The molecule has 0 atom stereocenters. The number of aryl methyl sites for hydroxylation is 1. The maximum atomic E-state index is 12.6. The van der Waals surface area contributed by atoms with Crippen LogP contribution in [0.4, 0.5) is 11.4 Å². The highest BCUT2D eigenvalue weighted by molar-refractivity contribution is 7.92. The molecule has 3 aromatic rings. The lowest BCUT2D eigenvalue weighted by Gasteiger charge is -2.17. The third-order valence-electron chi connectivity index (χ3n) is 4.54. The van der Waals surface area contributed by atoms with E-state index in [1.165, 1.54) is 11.3 Å². The molecule has 1 N–H and O–H groups in total. The zero-order valence-corrected chi connectivity index (χ0v) is 16.3. The molecule has 1 aliphatic heterocycles. The SMILES string of the molecule is Cc1ccc(S(=O)(=O)Nc2ccc3c(c2)CCN3C(=O)c2cccs2)cc1. The average Bonchev–Trinajstić information content (AvgIpc) is 3.31. The number of rotatable bonds is 4. The molecule has 4 rings (SSSR count). The third kappa shape index (κ3) is 3.48. The van der Waals surface area contributed by atoms with Crippen molar-refractivity contribution in [3.8, 4) is 0 Å². The lowest BCUT2D eigenvalue weighted by atomic mass is 10.1. The summed E-state index contributed by atoms with van der Waals surface area (Å²) in [7, 11) is -3.64. The summed E-state index contributed by atoms with van der Waals surface area (Å²) in [5, 5.41) is 1.88. The Hall–Kier alpha value is -2.64. The van der Waals surface area contributed by atoms with Crippen molar-refractivity contribution in [2.24, 2.45) is 0 Å². The molecular formula is C20H18N2O3S2. The van der Waals surface area contributed by atoms with Crippen LogP contribution in [0.15, 0.2) is 64.9 Å². The van der Waals surface area contributed by atoms with E-state index in [1.54, 1.807) is 41.3 Å². The summed E-state index contributed by atoms with van der Waals surface area (Å²) in [5.41, 5.74) is 3.30. The Labute approximate surface area is 162 Å². The van der Waals surface area contributed by atoms with E-state index in [9.17, 15) is 13.2 Å². The summed E-state index contributed by atoms with van der Waals surface area (Å²) in [4.78, 5) is 15.3. The van der Waals surface area contributed by atoms with Crippen molar-refractivity contribution >= 4 is 38.6 Å². The Morgan fingerprint density at radius 3 is 2.59 bits per heavy atom. The molecule has 0 unspecified atom stereocenters. The molecule has 5 nitrogen and oxygen atoms in total. The summed E-state index contributed by atoms with van der Waals surface area (Å²) >= 11 is 1.42. The number of carbonyl (C=O) groups is 1. The number of fused-ring (bicyclic) bond motifs is 1. The molecule has 2 aromatic carbocycles. The van der Waals surface area contributed by atoms with Crippen molar-refractivity contribution in [2.75, 3.05) is 16.2 Å². The summed E-state index contributed by atoms with van der Waals surface area (Å²) in [5.74, 6) is -0.0169. The molecular weight excluding hydrogens is 380 g/mol. The maximum Gasteiger partial charge on any atom is 0.268 e. The van der Waals surface area contributed by atoms with E-state index in [0.717, 1.165) is 16.8 Å². The number of nitrogens with zero attached hydrogens (tertiary/aromatic N) is 1. The second kappa shape index (κ2) is 6.83. The van der Waals surface area contributed by atoms with Gasteiger partial charge in [0.1, 0.15) is 0 Å². The Morgan fingerprint density at radius 1 is 1.11 bits per heavy atom. The van der Waals surface area contributed by atoms with Crippen LogP contribution in [0, 0.1) is 6.92 Å². The summed E-state index contributed by atoms with van der Waals surface area (Å²) in [6, 6.07) is 15.7. The van der Waals surface area contributed by atoms with Gasteiger partial charge >= 0.3 is 0 Å². The first-order valence-electron chi connectivity index (χ1n) is 8.52. The number of hydrogen-bond donors (Lipinski definition) is 1. The molecule has 7 heteroatoms. The molecule has 27 heavy (non-hydrogen) atoms. The van der Waals surface area contributed by atoms with Crippen LogP contribution in [0.25, 0.3) is 0 Å². The lowest BCUT2D eigenvalue weighted by molar-refractivity contribution is 0.0993. The van der Waals surface area contributed by atoms with E-state index in [0.29, 0.717) is 23.5 Å². The highest BCUT2D eigenvalue weighted by atomic mass is 32.2. The van der Waals surface area contributed by atoms with Gasteiger partial charge < -0.3 is 4.90 Å². The summed E-state index contributed by atoms with van der Waals surface area (Å²) < 4.78 is 27.8. The number of amides is 1. The molecule has 0 saturated heterocycles. The zero-order chi connectivity index (χ0) is 19.0. The monoisotopic (exact) mass is 398 g/mol. The minimum atomic E-state index is -3.64. The highest BCUT2D eigenvalue weighted by Gasteiger charge is 2.26. The smallest absolute Gasteiger partial charge is 0.268 e. The molecule has 1 aliphatic rings. The molecule has 0 aliphatic carbocycles. The quantitative estimate of drug-likeness (QED) is 0.721. The molecule has 0 bridgehead atoms. The van der Waals surface area contributed by atoms with Crippen LogP contribution in [0.5, 0.6) is 0 Å². The lowest BCUT2D eigenvalue weighted by Crippen LogP contribution is -2.28. The Kier molecular flexibility index (Phi) is 4.49. The number of sulfonamides is 1. The van der Waals surface area contributed by atoms with E-state index in [4.69, 9.17) is 0 Å². The predicted octanol–water partition coefficient (Wildman–Crippen LogP) is 4.06. The number of hydrogen-bond acceptors (Lipinski definition) is 4. The van der Waals surface area contributed by atoms with Crippen LogP contribution >= 0.6 is 11.3 Å². The number of benzene rings is 2. The standard InChI is InChI=1S/C20H18N2O3S2/c1-14-4-7-17(8-5-14)27(24,25)21-16-6-9-18-15(13-16)10-11-22(18)20(23)19-3-2-12-26-19/h2-9,12-13,21H,10-11H2,1H3. The van der Waals surface area contributed by atoms with E-state index >= 15 is 0 Å². The van der Waals surface area contributed by atoms with Gasteiger partial charge in [-0.05, 0) is 60.7 Å². The fourth-order valence-electron chi connectivity index (χ4n) is 3.14. The van der Waals surface area contributed by atoms with Crippen molar-refractivity contribution in [3.63, 3.8) is 0 Å². The van der Waals surface area contributed by atoms with Gasteiger partial charge in [0.15, 0.2) is 0 Å². The normalized spacial score (nSPS) is 13.4. The number of nitrogens with one attached hydrogen (secondary N) is 1. The van der Waals surface area contributed by atoms with Crippen molar-refractivity contribution in [3.05, 3.63) is 76.0 Å². The number of thiophene rings is 1. The Bertz CT molecular complexity index is 1090. The second-order valence-corrected chi connectivity index (χ2v) is 9.08. The van der Waals surface area contributed by atoms with Crippen LogP contribution in [0.2, 0.25) is 0 Å². The van der Waals surface area contributed by atoms with Gasteiger partial charge in [0.2, 0.25) is 0 Å². The van der Waals surface area contributed by atoms with E-state index in [2.05, 4.69) is 4.72 Å². The van der Waals surface area contributed by atoms with Crippen LogP contribution in [0.3, 0.4) is 0 Å². The van der Waals surface area contributed by atoms with E-state index in [-0.39, 0.29) is 10.8 Å². The Balaban J connectivity index is 1.57. The van der Waals surface area contributed by atoms with E-state index < -0.39 is 10.0 Å². The first-order valence-corrected chi connectivity index (χ1v) is 10.9. The molecule has 0 fully saturated rings. The van der Waals surface area contributed by atoms with Crippen LogP contribution < -0.4 is 9.62 Å². The first-order chi connectivity index (χ1) is 12.9. The zero-order valence-electron chi connectivity index (χ0n) is 14.7. The van der Waals surface area contributed by atoms with Gasteiger partial charge in [-0.25, -0.2) is 8.42 Å². The van der Waals surface area contributed by atoms with Gasteiger partial charge in [-0.2, -0.15) is 0 Å². The van der Waals surface area contributed by atoms with Gasteiger partial charge in [-0.3, -0.25) is 9.52 Å². The Morgan fingerprint density at radius 2 is 1.89 bits per heavy atom. The van der Waals surface area contributed by atoms with Crippen molar-refractivity contribution in [1.82, 2.24) is 0 Å². The first kappa shape index (κ1) is 17.8. The molecule has 2 heterocycles. The van der Waals surface area contributed by atoms with Gasteiger partial charge in [0, 0.05) is 17.9 Å². The van der Waals surface area contributed by atoms with Gasteiger partial charge in [-0.1, -0.05) is 23.8 Å². The second-order valence-electron chi connectivity index (χ2n) is 6.45. The molecule has 1 aromatic heterocycles. The maximum absolute atomic E-state index is 12.6. The van der Waals surface area contributed by atoms with E-state index in [1.807, 2.05) is 30.5 Å². The molecule has 138 valence electrons. The molecule has 0 radical (unpaired) electrons. The minimum absolute atomic E-state index is 0.0169. The van der Waals surface area contributed by atoms with Gasteiger partial charge in [0.25, 0.3) is 15.9 Å². The van der Waals surface area contributed by atoms with Crippen molar-refractivity contribution < 1.29 is 13.2 Å². The topological polar surface area (TPSA) is 66.5 Å². The van der Waals surface area contributed by atoms with Gasteiger partial charge in [0.05, 0.1) is 9.77 Å². The summed E-state index contributed by atoms with van der Waals surface area (Å²) in [6.45, 7) is 2.51. The average molecular weight is 399 g/mol. The minimum Gasteiger partial charge on any atom is -0.307 e.